The minimum atomic E-state index is -0.906. The summed E-state index contributed by atoms with van der Waals surface area (Å²) in [6, 6.07) is 11.9. The Hall–Kier alpha value is -2.82. The van der Waals surface area contributed by atoms with Crippen molar-refractivity contribution in [2.24, 2.45) is 0 Å². The molecule has 0 spiro atoms. The lowest BCUT2D eigenvalue weighted by molar-refractivity contribution is 0.0315. The molecule has 2 aromatic carbocycles. The van der Waals surface area contributed by atoms with Gasteiger partial charge in [0.05, 0.1) is 14.2 Å². The van der Waals surface area contributed by atoms with Gasteiger partial charge in [0.15, 0.2) is 6.10 Å². The highest BCUT2D eigenvalue weighted by molar-refractivity contribution is 6.02. The molecule has 0 heterocycles. The van der Waals surface area contributed by atoms with E-state index >= 15 is 0 Å². The van der Waals surface area contributed by atoms with E-state index in [9.17, 15) is 9.59 Å². The molecule has 0 aliphatic heterocycles. The lowest BCUT2D eigenvalue weighted by Gasteiger charge is -2.14. The first-order valence-electron chi connectivity index (χ1n) is 7.50. The SMILES string of the molecule is COc1ccc(C(=O)[C@@H](C)OC(=O)c2cc(C)ccc2OC)cc1. The quantitative estimate of drug-likeness (QED) is 0.600. The van der Waals surface area contributed by atoms with Gasteiger partial charge in [0.2, 0.25) is 5.78 Å². The van der Waals surface area contributed by atoms with E-state index in [0.29, 0.717) is 22.6 Å². The van der Waals surface area contributed by atoms with Gasteiger partial charge in [0.1, 0.15) is 17.1 Å². The summed E-state index contributed by atoms with van der Waals surface area (Å²) in [6.45, 7) is 3.41. The van der Waals surface area contributed by atoms with E-state index in [0.717, 1.165) is 5.56 Å². The average molecular weight is 328 g/mol. The lowest BCUT2D eigenvalue weighted by Crippen LogP contribution is -2.24. The van der Waals surface area contributed by atoms with Gasteiger partial charge >= 0.3 is 5.97 Å². The minimum Gasteiger partial charge on any atom is -0.497 e. The number of hydrogen-bond acceptors (Lipinski definition) is 5. The van der Waals surface area contributed by atoms with E-state index in [2.05, 4.69) is 0 Å². The molecular weight excluding hydrogens is 308 g/mol. The summed E-state index contributed by atoms with van der Waals surface area (Å²) in [5.74, 6) is 0.193. The monoisotopic (exact) mass is 328 g/mol. The number of rotatable bonds is 6. The molecule has 24 heavy (non-hydrogen) atoms. The van der Waals surface area contributed by atoms with E-state index in [1.165, 1.54) is 7.11 Å². The molecule has 0 aliphatic rings. The predicted molar refractivity (Wildman–Crippen MR) is 89.9 cm³/mol. The molecule has 2 rings (SSSR count). The Morgan fingerprint density at radius 2 is 1.62 bits per heavy atom. The summed E-state index contributed by atoms with van der Waals surface area (Å²) in [5, 5.41) is 0. The number of ketones is 1. The number of aryl methyl sites for hydroxylation is 1. The van der Waals surface area contributed by atoms with Crippen molar-refractivity contribution in [1.29, 1.82) is 0 Å². The summed E-state index contributed by atoms with van der Waals surface area (Å²) in [7, 11) is 3.03. The van der Waals surface area contributed by atoms with E-state index in [4.69, 9.17) is 14.2 Å². The molecule has 5 heteroatoms. The van der Waals surface area contributed by atoms with Gasteiger partial charge in [-0.05, 0) is 50.2 Å². The van der Waals surface area contributed by atoms with Gasteiger partial charge in [0.25, 0.3) is 0 Å². The first-order chi connectivity index (χ1) is 11.5. The van der Waals surface area contributed by atoms with Crippen LogP contribution in [0.4, 0.5) is 0 Å². The highest BCUT2D eigenvalue weighted by Gasteiger charge is 2.22. The summed E-state index contributed by atoms with van der Waals surface area (Å²) in [6.07, 6.45) is -0.906. The molecule has 0 unspecified atom stereocenters. The molecule has 0 saturated heterocycles. The number of benzene rings is 2. The number of methoxy groups -OCH3 is 2. The summed E-state index contributed by atoms with van der Waals surface area (Å²) in [5.41, 5.74) is 1.65. The zero-order valence-electron chi connectivity index (χ0n) is 14.2. The van der Waals surface area contributed by atoms with Crippen molar-refractivity contribution in [1.82, 2.24) is 0 Å². The fourth-order valence-corrected chi connectivity index (χ4v) is 2.25. The molecule has 126 valence electrons. The van der Waals surface area contributed by atoms with E-state index in [1.807, 2.05) is 13.0 Å². The van der Waals surface area contributed by atoms with Gasteiger partial charge in [-0.2, -0.15) is 0 Å². The molecule has 0 fully saturated rings. The fraction of sp³-hybridized carbons (Fsp3) is 0.263. The first-order valence-corrected chi connectivity index (χ1v) is 7.50. The third-order valence-electron chi connectivity index (χ3n) is 3.60. The van der Waals surface area contributed by atoms with Gasteiger partial charge in [-0.1, -0.05) is 11.6 Å². The van der Waals surface area contributed by atoms with Crippen LogP contribution in [0.2, 0.25) is 0 Å². The van der Waals surface area contributed by atoms with Crippen molar-refractivity contribution in [3.05, 3.63) is 59.2 Å². The van der Waals surface area contributed by atoms with Gasteiger partial charge in [-0.3, -0.25) is 4.79 Å². The Morgan fingerprint density at radius 1 is 0.958 bits per heavy atom. The minimum absolute atomic E-state index is 0.280. The average Bonchev–Trinajstić information content (AvgIpc) is 2.61. The van der Waals surface area contributed by atoms with Crippen molar-refractivity contribution in [3.8, 4) is 11.5 Å². The third-order valence-corrected chi connectivity index (χ3v) is 3.60. The van der Waals surface area contributed by atoms with Crippen molar-refractivity contribution >= 4 is 11.8 Å². The van der Waals surface area contributed by atoms with Crippen molar-refractivity contribution in [2.75, 3.05) is 14.2 Å². The van der Waals surface area contributed by atoms with Crippen LogP contribution in [0.3, 0.4) is 0 Å². The second-order valence-corrected chi connectivity index (χ2v) is 5.34. The number of ether oxygens (including phenoxy) is 3. The summed E-state index contributed by atoms with van der Waals surface area (Å²) < 4.78 is 15.5. The van der Waals surface area contributed by atoms with Gasteiger partial charge in [-0.25, -0.2) is 4.79 Å². The topological polar surface area (TPSA) is 61.8 Å². The number of carbonyl (C=O) groups excluding carboxylic acids is 2. The van der Waals surface area contributed by atoms with Gasteiger partial charge in [0, 0.05) is 5.56 Å². The van der Waals surface area contributed by atoms with Gasteiger partial charge < -0.3 is 14.2 Å². The van der Waals surface area contributed by atoms with Crippen LogP contribution in [-0.2, 0) is 4.74 Å². The van der Waals surface area contributed by atoms with Crippen LogP contribution in [-0.4, -0.2) is 32.1 Å². The van der Waals surface area contributed by atoms with E-state index in [1.54, 1.807) is 50.4 Å². The normalized spacial score (nSPS) is 11.5. The van der Waals surface area contributed by atoms with Crippen LogP contribution >= 0.6 is 0 Å². The lowest BCUT2D eigenvalue weighted by atomic mass is 10.1. The smallest absolute Gasteiger partial charge is 0.342 e. The molecule has 0 radical (unpaired) electrons. The zero-order chi connectivity index (χ0) is 17.7. The molecule has 0 aliphatic carbocycles. The van der Waals surface area contributed by atoms with Crippen LogP contribution < -0.4 is 9.47 Å². The molecule has 5 nitrogen and oxygen atoms in total. The van der Waals surface area contributed by atoms with Crippen LogP contribution in [0.5, 0.6) is 11.5 Å². The van der Waals surface area contributed by atoms with Crippen molar-refractivity contribution in [3.63, 3.8) is 0 Å². The molecule has 0 amide bonds. The number of Topliss-reactive ketones (excluding diaryl/α,β-unsaturated/α-hetero) is 1. The zero-order valence-corrected chi connectivity index (χ0v) is 14.2. The van der Waals surface area contributed by atoms with Crippen LogP contribution in [0.15, 0.2) is 42.5 Å². The second kappa shape index (κ2) is 7.64. The maximum absolute atomic E-state index is 12.4. The van der Waals surface area contributed by atoms with Gasteiger partial charge in [-0.15, -0.1) is 0 Å². The Labute approximate surface area is 141 Å². The largest absolute Gasteiger partial charge is 0.497 e. The molecule has 0 bridgehead atoms. The van der Waals surface area contributed by atoms with E-state index in [-0.39, 0.29) is 5.78 Å². The highest BCUT2D eigenvalue weighted by Crippen LogP contribution is 2.22. The first kappa shape index (κ1) is 17.5. The third kappa shape index (κ3) is 3.93. The Bertz CT molecular complexity index is 734. The standard InChI is InChI=1S/C19H20O5/c1-12-5-10-17(23-4)16(11-12)19(21)24-13(2)18(20)14-6-8-15(22-3)9-7-14/h5-11,13H,1-4H3/t13-/m1/s1. The number of hydrogen-bond donors (Lipinski definition) is 0. The molecule has 0 aromatic heterocycles. The Morgan fingerprint density at radius 3 is 2.21 bits per heavy atom. The highest BCUT2D eigenvalue weighted by atomic mass is 16.5. The van der Waals surface area contributed by atoms with Crippen LogP contribution in [0.1, 0.15) is 33.2 Å². The van der Waals surface area contributed by atoms with Crippen molar-refractivity contribution < 1.29 is 23.8 Å². The van der Waals surface area contributed by atoms with Crippen molar-refractivity contribution in [2.45, 2.75) is 20.0 Å². The molecule has 1 atom stereocenters. The summed E-state index contributed by atoms with van der Waals surface area (Å²) >= 11 is 0. The summed E-state index contributed by atoms with van der Waals surface area (Å²) in [4.78, 5) is 24.7. The Balaban J connectivity index is 2.13. The fourth-order valence-electron chi connectivity index (χ4n) is 2.25. The predicted octanol–water partition coefficient (Wildman–Crippen LogP) is 3.44. The maximum atomic E-state index is 12.4. The van der Waals surface area contributed by atoms with E-state index < -0.39 is 12.1 Å². The molecule has 0 N–H and O–H groups in total. The molecular formula is C19H20O5. The van der Waals surface area contributed by atoms with Crippen LogP contribution in [0, 0.1) is 6.92 Å². The Kier molecular flexibility index (Phi) is 5.58. The molecule has 2 aromatic rings. The second-order valence-electron chi connectivity index (χ2n) is 5.34. The molecule has 0 saturated carbocycles. The van der Waals surface area contributed by atoms with Crippen LogP contribution in [0.25, 0.3) is 0 Å². The maximum Gasteiger partial charge on any atom is 0.342 e. The number of esters is 1. The number of carbonyl (C=O) groups is 2.